The van der Waals surface area contributed by atoms with Crippen molar-refractivity contribution in [2.75, 3.05) is 13.7 Å². The number of aromatic nitrogens is 2. The topological polar surface area (TPSA) is 47.4 Å². The number of nitrogens with zero attached hydrogens (tertiary/aromatic N) is 3. The fraction of sp³-hybridized carbons (Fsp3) is 0.474. The summed E-state index contributed by atoms with van der Waals surface area (Å²) in [5.41, 5.74) is 0.812. The zero-order valence-electron chi connectivity index (χ0n) is 14.5. The number of amides is 1. The Hall–Kier alpha value is -2.37. The van der Waals surface area contributed by atoms with Crippen molar-refractivity contribution >= 4 is 5.91 Å². The van der Waals surface area contributed by atoms with Gasteiger partial charge in [0, 0.05) is 25.4 Å². The van der Waals surface area contributed by atoms with Gasteiger partial charge in [-0.3, -0.25) is 9.48 Å². The molecule has 25 heavy (non-hydrogen) atoms. The second-order valence-corrected chi connectivity index (χ2v) is 6.43. The molecular weight excluding hydrogens is 321 g/mol. The van der Waals surface area contributed by atoms with Crippen molar-refractivity contribution in [1.82, 2.24) is 14.7 Å². The predicted molar refractivity (Wildman–Crippen MR) is 92.9 cm³/mol. The summed E-state index contributed by atoms with van der Waals surface area (Å²) in [5, 5.41) is 4.25. The normalized spacial score (nSPS) is 17.5. The molecule has 0 saturated carbocycles. The number of piperidine rings is 1. The Kier molecular flexibility index (Phi) is 5.68. The first kappa shape index (κ1) is 17.5. The molecule has 1 aliphatic heterocycles. The van der Waals surface area contributed by atoms with Crippen molar-refractivity contribution in [1.29, 1.82) is 0 Å². The summed E-state index contributed by atoms with van der Waals surface area (Å²) < 4.78 is 20.6. The lowest BCUT2D eigenvalue weighted by atomic mass is 10.0. The Balaban J connectivity index is 1.59. The quantitative estimate of drug-likeness (QED) is 0.808. The number of hydrogen-bond acceptors (Lipinski definition) is 3. The van der Waals surface area contributed by atoms with Crippen LogP contribution < -0.4 is 4.74 Å². The lowest BCUT2D eigenvalue weighted by Gasteiger charge is -2.36. The molecule has 0 N–H and O–H groups in total. The van der Waals surface area contributed by atoms with Gasteiger partial charge in [0.15, 0.2) is 11.6 Å². The van der Waals surface area contributed by atoms with Crippen molar-refractivity contribution in [2.45, 2.75) is 44.7 Å². The number of carbonyl (C=O) groups is 1. The molecule has 1 atom stereocenters. The van der Waals surface area contributed by atoms with E-state index >= 15 is 0 Å². The van der Waals surface area contributed by atoms with Gasteiger partial charge in [0.2, 0.25) is 5.91 Å². The molecular formula is C19H24FN3O2. The van der Waals surface area contributed by atoms with Gasteiger partial charge in [0.05, 0.1) is 19.7 Å². The Morgan fingerprint density at radius 3 is 3.00 bits per heavy atom. The van der Waals surface area contributed by atoms with E-state index in [0.29, 0.717) is 12.8 Å². The van der Waals surface area contributed by atoms with Gasteiger partial charge in [-0.1, -0.05) is 6.07 Å². The largest absolute Gasteiger partial charge is 0.494 e. The smallest absolute Gasteiger partial charge is 0.223 e. The van der Waals surface area contributed by atoms with E-state index in [4.69, 9.17) is 4.74 Å². The van der Waals surface area contributed by atoms with Gasteiger partial charge in [-0.05, 0) is 49.4 Å². The molecule has 0 radical (unpaired) electrons. The molecule has 0 bridgehead atoms. The molecule has 6 heteroatoms. The Morgan fingerprint density at radius 1 is 1.40 bits per heavy atom. The molecule has 1 aromatic heterocycles. The van der Waals surface area contributed by atoms with Crippen molar-refractivity contribution in [2.24, 2.45) is 0 Å². The number of aryl methyl sites for hydroxylation is 1. The van der Waals surface area contributed by atoms with Crippen molar-refractivity contribution < 1.29 is 13.9 Å². The highest BCUT2D eigenvalue weighted by Crippen LogP contribution is 2.22. The third kappa shape index (κ3) is 4.38. The highest BCUT2D eigenvalue weighted by Gasteiger charge is 2.26. The number of likely N-dealkylation sites (tertiary alicyclic amines) is 1. The fourth-order valence-electron chi connectivity index (χ4n) is 3.40. The minimum Gasteiger partial charge on any atom is -0.494 e. The fourth-order valence-corrected chi connectivity index (χ4v) is 3.40. The number of rotatable bonds is 6. The highest BCUT2D eigenvalue weighted by molar-refractivity contribution is 5.77. The average molecular weight is 345 g/mol. The van der Waals surface area contributed by atoms with E-state index in [1.807, 2.05) is 27.9 Å². The monoisotopic (exact) mass is 345 g/mol. The summed E-state index contributed by atoms with van der Waals surface area (Å²) in [4.78, 5) is 14.7. The summed E-state index contributed by atoms with van der Waals surface area (Å²) in [6, 6.07) is 6.95. The van der Waals surface area contributed by atoms with Gasteiger partial charge in [0.25, 0.3) is 0 Å². The first-order chi connectivity index (χ1) is 12.2. The van der Waals surface area contributed by atoms with Gasteiger partial charge < -0.3 is 9.64 Å². The summed E-state index contributed by atoms with van der Waals surface area (Å²) in [7, 11) is 1.44. The number of hydrogen-bond donors (Lipinski definition) is 0. The Morgan fingerprint density at radius 2 is 2.28 bits per heavy atom. The highest BCUT2D eigenvalue weighted by atomic mass is 19.1. The molecule has 1 saturated heterocycles. The van der Waals surface area contributed by atoms with Crippen molar-refractivity contribution in [3.8, 4) is 5.75 Å². The first-order valence-electron chi connectivity index (χ1n) is 8.76. The maximum atomic E-state index is 13.8. The zero-order chi connectivity index (χ0) is 17.6. The number of methoxy groups -OCH3 is 1. The molecule has 0 unspecified atom stereocenters. The average Bonchev–Trinajstić information content (AvgIpc) is 3.13. The van der Waals surface area contributed by atoms with Crippen LogP contribution in [0, 0.1) is 5.82 Å². The minimum absolute atomic E-state index is 0.132. The lowest BCUT2D eigenvalue weighted by molar-refractivity contribution is -0.135. The maximum Gasteiger partial charge on any atom is 0.223 e. The summed E-state index contributed by atoms with van der Waals surface area (Å²) >= 11 is 0. The van der Waals surface area contributed by atoms with Crippen LogP contribution in [0.15, 0.2) is 36.7 Å². The van der Waals surface area contributed by atoms with Crippen molar-refractivity contribution in [3.05, 3.63) is 48.0 Å². The maximum absolute atomic E-state index is 13.8. The molecule has 0 spiro atoms. The third-order valence-corrected chi connectivity index (χ3v) is 4.75. The van der Waals surface area contributed by atoms with Gasteiger partial charge in [-0.15, -0.1) is 0 Å². The third-order valence-electron chi connectivity index (χ3n) is 4.75. The Bertz CT molecular complexity index is 703. The molecule has 2 aromatic rings. The van der Waals surface area contributed by atoms with Gasteiger partial charge >= 0.3 is 0 Å². The molecule has 5 nitrogen and oxygen atoms in total. The van der Waals surface area contributed by atoms with Crippen LogP contribution in [0.25, 0.3) is 0 Å². The number of carbonyl (C=O) groups excluding carboxylic acids is 1. The number of halogens is 1. The van der Waals surface area contributed by atoms with Gasteiger partial charge in [-0.2, -0.15) is 5.10 Å². The van der Waals surface area contributed by atoms with Crippen LogP contribution in [0.2, 0.25) is 0 Å². The van der Waals surface area contributed by atoms with E-state index < -0.39 is 0 Å². The molecule has 134 valence electrons. The van der Waals surface area contributed by atoms with E-state index in [-0.39, 0.29) is 23.5 Å². The van der Waals surface area contributed by atoms with E-state index in [0.717, 1.165) is 37.9 Å². The van der Waals surface area contributed by atoms with Crippen LogP contribution in [0.4, 0.5) is 4.39 Å². The van der Waals surface area contributed by atoms with Crippen LogP contribution in [-0.2, 0) is 17.8 Å². The summed E-state index contributed by atoms with van der Waals surface area (Å²) in [6.45, 7) is 1.53. The Labute approximate surface area is 147 Å². The molecule has 1 aliphatic rings. The van der Waals surface area contributed by atoms with Crippen molar-refractivity contribution in [3.63, 3.8) is 0 Å². The standard InChI is InChI=1S/C19H24FN3O2/c1-25-18-8-6-15(13-17(18)20)7-9-19(24)23-12-3-2-5-16(23)14-22-11-4-10-21-22/h4,6,8,10-11,13,16H,2-3,5,7,9,12,14H2,1H3/t16-/m1/s1. The number of benzene rings is 1. The molecule has 1 aromatic carbocycles. The van der Waals surface area contributed by atoms with E-state index in [1.165, 1.54) is 13.2 Å². The molecule has 0 aliphatic carbocycles. The van der Waals surface area contributed by atoms with Crippen LogP contribution in [0.3, 0.4) is 0 Å². The molecule has 2 heterocycles. The molecule has 3 rings (SSSR count). The van der Waals surface area contributed by atoms with E-state index in [9.17, 15) is 9.18 Å². The predicted octanol–water partition coefficient (Wildman–Crippen LogP) is 3.04. The van der Waals surface area contributed by atoms with E-state index in [1.54, 1.807) is 12.3 Å². The van der Waals surface area contributed by atoms with Crippen LogP contribution in [-0.4, -0.2) is 40.3 Å². The van der Waals surface area contributed by atoms with Crippen LogP contribution in [0.1, 0.15) is 31.2 Å². The zero-order valence-corrected chi connectivity index (χ0v) is 14.5. The SMILES string of the molecule is COc1ccc(CCC(=O)N2CCCC[C@@H]2Cn2cccn2)cc1F. The number of ether oxygens (including phenoxy) is 1. The van der Waals surface area contributed by atoms with Gasteiger partial charge in [0.1, 0.15) is 0 Å². The summed E-state index contributed by atoms with van der Waals surface area (Å²) in [5.74, 6) is -0.0274. The second kappa shape index (κ2) is 8.14. The van der Waals surface area contributed by atoms with Gasteiger partial charge in [-0.25, -0.2) is 4.39 Å². The molecule has 1 fully saturated rings. The van der Waals surface area contributed by atoms with Crippen LogP contribution >= 0.6 is 0 Å². The van der Waals surface area contributed by atoms with E-state index in [2.05, 4.69) is 5.10 Å². The second-order valence-electron chi connectivity index (χ2n) is 6.43. The first-order valence-corrected chi connectivity index (χ1v) is 8.76. The summed E-state index contributed by atoms with van der Waals surface area (Å²) in [6.07, 6.45) is 7.79. The minimum atomic E-state index is -0.387. The molecule has 1 amide bonds. The lowest BCUT2D eigenvalue weighted by Crippen LogP contribution is -2.46. The van der Waals surface area contributed by atoms with Crippen LogP contribution in [0.5, 0.6) is 5.75 Å².